The molecule has 3 aliphatic rings. The zero-order chi connectivity index (χ0) is 22.3. The Kier molecular flexibility index (Phi) is 5.59. The smallest absolute Gasteiger partial charge is 0.238 e. The normalized spacial score (nSPS) is 27.1. The van der Waals surface area contributed by atoms with Gasteiger partial charge in [0.2, 0.25) is 12.7 Å². The maximum Gasteiger partial charge on any atom is 0.238 e. The minimum absolute atomic E-state index is 0.0259. The molecule has 3 atom stereocenters. The van der Waals surface area contributed by atoms with Gasteiger partial charge in [0.25, 0.3) is 0 Å². The third kappa shape index (κ3) is 4.09. The first kappa shape index (κ1) is 21.3. The first-order valence-electron chi connectivity index (χ1n) is 11.7. The number of carbonyl (C=O) groups excluding carboxylic acids is 1. The highest BCUT2D eigenvalue weighted by atomic mass is 16.7. The number of carbonyl (C=O) groups is 1. The SMILES string of the molecule is Cc1cc(C)cc(NC(=O)CN2CC[C@]3(O)CCCC[C@@H]3[C@@H]2c2ccc3c(c2)OCO3)c1. The summed E-state index contributed by atoms with van der Waals surface area (Å²) in [4.78, 5) is 15.3. The van der Waals surface area contributed by atoms with Crippen molar-refractivity contribution < 1.29 is 19.4 Å². The number of piperidine rings is 1. The van der Waals surface area contributed by atoms with Crippen molar-refractivity contribution in [1.82, 2.24) is 4.90 Å². The number of amides is 1. The van der Waals surface area contributed by atoms with Gasteiger partial charge in [-0.05, 0) is 74.1 Å². The van der Waals surface area contributed by atoms with Gasteiger partial charge >= 0.3 is 0 Å². The van der Waals surface area contributed by atoms with E-state index in [1.54, 1.807) is 0 Å². The Morgan fingerprint density at radius 2 is 1.88 bits per heavy atom. The number of benzene rings is 2. The fourth-order valence-electron chi connectivity index (χ4n) is 5.89. The molecule has 170 valence electrons. The number of anilines is 1. The molecule has 5 rings (SSSR count). The van der Waals surface area contributed by atoms with E-state index in [-0.39, 0.29) is 24.7 Å². The van der Waals surface area contributed by atoms with Gasteiger partial charge in [0, 0.05) is 24.2 Å². The van der Waals surface area contributed by atoms with Gasteiger partial charge in [-0.25, -0.2) is 0 Å². The largest absolute Gasteiger partial charge is 0.454 e. The number of likely N-dealkylation sites (tertiary alicyclic amines) is 1. The molecule has 2 aliphatic heterocycles. The first-order chi connectivity index (χ1) is 15.4. The maximum absolute atomic E-state index is 13.0. The van der Waals surface area contributed by atoms with E-state index in [1.807, 2.05) is 38.1 Å². The summed E-state index contributed by atoms with van der Waals surface area (Å²) in [5.41, 5.74) is 3.50. The number of hydrogen-bond donors (Lipinski definition) is 2. The van der Waals surface area contributed by atoms with Crippen molar-refractivity contribution in [2.45, 2.75) is 57.6 Å². The van der Waals surface area contributed by atoms with E-state index in [4.69, 9.17) is 9.47 Å². The molecule has 0 spiro atoms. The summed E-state index contributed by atoms with van der Waals surface area (Å²) in [5.74, 6) is 1.57. The van der Waals surface area contributed by atoms with E-state index >= 15 is 0 Å². The molecular formula is C26H32N2O4. The lowest BCUT2D eigenvalue weighted by Gasteiger charge is -2.52. The van der Waals surface area contributed by atoms with Crippen molar-refractivity contribution in [2.24, 2.45) is 5.92 Å². The second-order valence-corrected chi connectivity index (χ2v) is 9.66. The summed E-state index contributed by atoms with van der Waals surface area (Å²) < 4.78 is 11.1. The topological polar surface area (TPSA) is 71.0 Å². The van der Waals surface area contributed by atoms with Crippen LogP contribution in [0.3, 0.4) is 0 Å². The minimum Gasteiger partial charge on any atom is -0.454 e. The molecule has 6 nitrogen and oxygen atoms in total. The van der Waals surface area contributed by atoms with Crippen molar-refractivity contribution in [3.05, 3.63) is 53.1 Å². The molecule has 0 aromatic heterocycles. The van der Waals surface area contributed by atoms with Crippen LogP contribution in [0.1, 0.15) is 54.8 Å². The van der Waals surface area contributed by atoms with E-state index < -0.39 is 5.60 Å². The molecule has 0 radical (unpaired) electrons. The Morgan fingerprint density at radius 1 is 1.09 bits per heavy atom. The van der Waals surface area contributed by atoms with E-state index in [1.165, 1.54) is 0 Å². The average Bonchev–Trinajstić information content (AvgIpc) is 3.20. The van der Waals surface area contributed by atoms with E-state index in [2.05, 4.69) is 22.3 Å². The number of hydrogen-bond acceptors (Lipinski definition) is 5. The van der Waals surface area contributed by atoms with Crippen molar-refractivity contribution in [1.29, 1.82) is 0 Å². The molecule has 1 saturated carbocycles. The van der Waals surface area contributed by atoms with Crippen LogP contribution < -0.4 is 14.8 Å². The molecule has 2 N–H and O–H groups in total. The van der Waals surface area contributed by atoms with Crippen LogP contribution >= 0.6 is 0 Å². The molecule has 2 aromatic carbocycles. The number of aryl methyl sites for hydroxylation is 2. The Bertz CT molecular complexity index is 1000. The molecule has 32 heavy (non-hydrogen) atoms. The highest BCUT2D eigenvalue weighted by Crippen LogP contribution is 2.50. The molecule has 2 aromatic rings. The highest BCUT2D eigenvalue weighted by molar-refractivity contribution is 5.92. The average molecular weight is 437 g/mol. The molecule has 0 unspecified atom stereocenters. The summed E-state index contributed by atoms with van der Waals surface area (Å²) in [6.45, 7) is 5.28. The standard InChI is InChI=1S/C26H32N2O4/c1-17-11-18(2)13-20(12-17)27-24(29)15-28-10-9-26(30)8-4-3-5-21(26)25(28)19-6-7-22-23(14-19)32-16-31-22/h6-7,11-14,21,25,30H,3-5,8-10,15-16H2,1-2H3,(H,27,29)/t21-,25+,26-/m1/s1. The van der Waals surface area contributed by atoms with Crippen LogP contribution in [-0.2, 0) is 4.79 Å². The van der Waals surface area contributed by atoms with Crippen LogP contribution in [0.2, 0.25) is 0 Å². The van der Waals surface area contributed by atoms with E-state index in [0.717, 1.165) is 59.6 Å². The fourth-order valence-corrected chi connectivity index (χ4v) is 5.89. The number of nitrogens with zero attached hydrogens (tertiary/aromatic N) is 1. The van der Waals surface area contributed by atoms with Gasteiger partial charge in [-0.1, -0.05) is 25.0 Å². The van der Waals surface area contributed by atoms with Gasteiger partial charge in [0.05, 0.1) is 12.1 Å². The predicted octanol–water partition coefficient (Wildman–Crippen LogP) is 4.34. The van der Waals surface area contributed by atoms with Crippen LogP contribution in [0.4, 0.5) is 5.69 Å². The van der Waals surface area contributed by atoms with Crippen LogP contribution in [0, 0.1) is 19.8 Å². The van der Waals surface area contributed by atoms with Gasteiger partial charge in [-0.15, -0.1) is 0 Å². The third-order valence-corrected chi connectivity index (χ3v) is 7.26. The fraction of sp³-hybridized carbons (Fsp3) is 0.500. The van der Waals surface area contributed by atoms with Crippen LogP contribution in [0.25, 0.3) is 0 Å². The predicted molar refractivity (Wildman–Crippen MR) is 123 cm³/mol. The van der Waals surface area contributed by atoms with E-state index in [0.29, 0.717) is 19.5 Å². The van der Waals surface area contributed by atoms with Gasteiger partial charge in [-0.3, -0.25) is 9.69 Å². The lowest BCUT2D eigenvalue weighted by molar-refractivity contribution is -0.135. The summed E-state index contributed by atoms with van der Waals surface area (Å²) in [6.07, 6.45) is 4.67. The lowest BCUT2D eigenvalue weighted by atomic mass is 9.66. The Hall–Kier alpha value is -2.57. The van der Waals surface area contributed by atoms with Crippen molar-refractivity contribution in [3.63, 3.8) is 0 Å². The molecule has 2 fully saturated rings. The number of ether oxygens (including phenoxy) is 2. The molecule has 6 heteroatoms. The lowest BCUT2D eigenvalue weighted by Crippen LogP contribution is -2.56. The summed E-state index contributed by atoms with van der Waals surface area (Å²) in [6, 6.07) is 12.1. The minimum atomic E-state index is -0.667. The van der Waals surface area contributed by atoms with Gasteiger partial charge in [0.15, 0.2) is 11.5 Å². The molecule has 1 aliphatic carbocycles. The number of aliphatic hydroxyl groups is 1. The van der Waals surface area contributed by atoms with Crippen molar-refractivity contribution >= 4 is 11.6 Å². The van der Waals surface area contributed by atoms with Crippen molar-refractivity contribution in [2.75, 3.05) is 25.2 Å². The maximum atomic E-state index is 13.0. The Balaban J connectivity index is 1.41. The number of rotatable bonds is 4. The second kappa shape index (κ2) is 8.41. The summed E-state index contributed by atoms with van der Waals surface area (Å²) in [5, 5.41) is 14.6. The van der Waals surface area contributed by atoms with Crippen LogP contribution in [0.5, 0.6) is 11.5 Å². The van der Waals surface area contributed by atoms with E-state index in [9.17, 15) is 9.90 Å². The Morgan fingerprint density at radius 3 is 2.69 bits per heavy atom. The quantitative estimate of drug-likeness (QED) is 0.746. The Labute approximate surface area is 189 Å². The number of fused-ring (bicyclic) bond motifs is 2. The van der Waals surface area contributed by atoms with Gasteiger partial charge < -0.3 is 19.9 Å². The zero-order valence-corrected chi connectivity index (χ0v) is 18.9. The first-order valence-corrected chi connectivity index (χ1v) is 11.7. The summed E-state index contributed by atoms with van der Waals surface area (Å²) in [7, 11) is 0. The number of nitrogens with one attached hydrogen (secondary N) is 1. The molecular weight excluding hydrogens is 404 g/mol. The summed E-state index contributed by atoms with van der Waals surface area (Å²) >= 11 is 0. The van der Waals surface area contributed by atoms with Gasteiger partial charge in [-0.2, -0.15) is 0 Å². The van der Waals surface area contributed by atoms with Crippen molar-refractivity contribution in [3.8, 4) is 11.5 Å². The molecule has 1 saturated heterocycles. The second-order valence-electron chi connectivity index (χ2n) is 9.66. The van der Waals surface area contributed by atoms with Gasteiger partial charge in [0.1, 0.15) is 0 Å². The molecule has 1 amide bonds. The van der Waals surface area contributed by atoms with Crippen LogP contribution in [0.15, 0.2) is 36.4 Å². The molecule has 2 heterocycles. The van der Waals surface area contributed by atoms with Crippen LogP contribution in [-0.4, -0.2) is 41.4 Å². The monoisotopic (exact) mass is 436 g/mol. The zero-order valence-electron chi connectivity index (χ0n) is 18.9. The third-order valence-electron chi connectivity index (χ3n) is 7.26. The highest BCUT2D eigenvalue weighted by Gasteiger charge is 2.49. The molecule has 0 bridgehead atoms.